The minimum atomic E-state index is -0.868. The van der Waals surface area contributed by atoms with Crippen molar-refractivity contribution in [2.24, 2.45) is 11.8 Å². The van der Waals surface area contributed by atoms with Crippen LogP contribution in [0.25, 0.3) is 0 Å². The third-order valence-corrected chi connectivity index (χ3v) is 4.45. The zero-order valence-corrected chi connectivity index (χ0v) is 11.3. The summed E-state index contributed by atoms with van der Waals surface area (Å²) >= 11 is 5.23. The first kappa shape index (κ1) is 12.8. The summed E-state index contributed by atoms with van der Waals surface area (Å²) in [5, 5.41) is 6.70. The normalized spacial score (nSPS) is 28.4. The van der Waals surface area contributed by atoms with Gasteiger partial charge in [-0.2, -0.15) is 0 Å². The van der Waals surface area contributed by atoms with Crippen LogP contribution in [0.1, 0.15) is 25.7 Å². The molecular formula is C14H16F2N2S. The van der Waals surface area contributed by atoms with E-state index in [-0.39, 0.29) is 0 Å². The van der Waals surface area contributed by atoms with E-state index in [4.69, 9.17) is 12.2 Å². The van der Waals surface area contributed by atoms with E-state index in [9.17, 15) is 8.78 Å². The molecule has 0 spiro atoms. The van der Waals surface area contributed by atoms with Crippen molar-refractivity contribution in [1.29, 1.82) is 0 Å². The molecule has 19 heavy (non-hydrogen) atoms. The highest BCUT2D eigenvalue weighted by atomic mass is 32.1. The van der Waals surface area contributed by atoms with Crippen LogP contribution in [-0.4, -0.2) is 11.2 Å². The maximum absolute atomic E-state index is 13.1. The topological polar surface area (TPSA) is 24.1 Å². The molecule has 2 bridgehead atoms. The van der Waals surface area contributed by atoms with Gasteiger partial charge in [-0.1, -0.05) is 6.42 Å². The number of hydrogen-bond acceptors (Lipinski definition) is 1. The summed E-state index contributed by atoms with van der Waals surface area (Å²) in [4.78, 5) is 0. The van der Waals surface area contributed by atoms with Gasteiger partial charge in [0.15, 0.2) is 16.7 Å². The maximum atomic E-state index is 13.1. The Morgan fingerprint density at radius 2 is 2.00 bits per heavy atom. The highest BCUT2D eigenvalue weighted by Crippen LogP contribution is 2.44. The van der Waals surface area contributed by atoms with Crippen molar-refractivity contribution in [3.05, 3.63) is 29.8 Å². The molecule has 102 valence electrons. The van der Waals surface area contributed by atoms with Crippen LogP contribution >= 0.6 is 12.2 Å². The summed E-state index contributed by atoms with van der Waals surface area (Å²) in [6.45, 7) is 0. The smallest absolute Gasteiger partial charge is 0.171 e. The lowest BCUT2D eigenvalue weighted by Crippen LogP contribution is -2.40. The van der Waals surface area contributed by atoms with E-state index in [0.717, 1.165) is 24.0 Å². The molecule has 0 unspecified atom stereocenters. The van der Waals surface area contributed by atoms with Crippen LogP contribution in [-0.2, 0) is 0 Å². The molecule has 2 saturated carbocycles. The quantitative estimate of drug-likeness (QED) is 0.813. The van der Waals surface area contributed by atoms with Crippen LogP contribution < -0.4 is 10.6 Å². The van der Waals surface area contributed by atoms with Gasteiger partial charge in [0.05, 0.1) is 0 Å². The lowest BCUT2D eigenvalue weighted by Gasteiger charge is -2.24. The second-order valence-corrected chi connectivity index (χ2v) is 5.92. The Bertz CT molecular complexity index is 506. The van der Waals surface area contributed by atoms with Gasteiger partial charge in [-0.05, 0) is 55.4 Å². The Labute approximate surface area is 116 Å². The van der Waals surface area contributed by atoms with Gasteiger partial charge in [0.1, 0.15) is 0 Å². The fraction of sp³-hybridized carbons (Fsp3) is 0.500. The second kappa shape index (κ2) is 5.04. The van der Waals surface area contributed by atoms with Crippen LogP contribution in [0.2, 0.25) is 0 Å². The van der Waals surface area contributed by atoms with Gasteiger partial charge < -0.3 is 10.6 Å². The number of thiocarbonyl (C=S) groups is 1. The predicted molar refractivity (Wildman–Crippen MR) is 75.0 cm³/mol. The number of halogens is 2. The summed E-state index contributed by atoms with van der Waals surface area (Å²) in [6.07, 6.45) is 5.08. The first-order chi connectivity index (χ1) is 9.11. The summed E-state index contributed by atoms with van der Waals surface area (Å²) < 4.78 is 25.9. The number of benzene rings is 1. The molecule has 0 saturated heterocycles. The minimum Gasteiger partial charge on any atom is -0.359 e. The molecule has 0 aromatic heterocycles. The minimum absolute atomic E-state index is 0.434. The molecule has 0 aliphatic heterocycles. The zero-order chi connectivity index (χ0) is 13.4. The Kier molecular flexibility index (Phi) is 3.39. The van der Waals surface area contributed by atoms with Crippen LogP contribution in [0, 0.1) is 23.5 Å². The van der Waals surface area contributed by atoms with Gasteiger partial charge in [0, 0.05) is 17.8 Å². The van der Waals surface area contributed by atoms with E-state index in [1.165, 1.54) is 31.7 Å². The van der Waals surface area contributed by atoms with Gasteiger partial charge in [-0.25, -0.2) is 8.78 Å². The van der Waals surface area contributed by atoms with Crippen LogP contribution in [0.15, 0.2) is 18.2 Å². The van der Waals surface area contributed by atoms with Crippen molar-refractivity contribution in [3.63, 3.8) is 0 Å². The molecule has 2 aliphatic rings. The highest BCUT2D eigenvalue weighted by molar-refractivity contribution is 7.80. The molecule has 0 amide bonds. The van der Waals surface area contributed by atoms with Crippen molar-refractivity contribution >= 4 is 23.0 Å². The van der Waals surface area contributed by atoms with Crippen molar-refractivity contribution in [3.8, 4) is 0 Å². The standard InChI is InChI=1S/C14H16F2N2S/c15-11-4-3-10(7-12(11)16)17-14(19)18-13-6-8-1-2-9(13)5-8/h3-4,7-9,13H,1-2,5-6H2,(H2,17,18,19)/t8-,9+,13-/m0/s1. The van der Waals surface area contributed by atoms with E-state index >= 15 is 0 Å². The molecule has 0 radical (unpaired) electrons. The van der Waals surface area contributed by atoms with E-state index in [1.807, 2.05) is 0 Å². The average molecular weight is 282 g/mol. The van der Waals surface area contributed by atoms with Gasteiger partial charge in [0.25, 0.3) is 0 Å². The predicted octanol–water partition coefficient (Wildman–Crippen LogP) is 3.44. The molecule has 1 aromatic rings. The average Bonchev–Trinajstić information content (AvgIpc) is 2.96. The van der Waals surface area contributed by atoms with Crippen molar-refractivity contribution in [1.82, 2.24) is 5.32 Å². The lowest BCUT2D eigenvalue weighted by atomic mass is 9.96. The Morgan fingerprint density at radius 1 is 1.16 bits per heavy atom. The van der Waals surface area contributed by atoms with Crippen molar-refractivity contribution < 1.29 is 8.78 Å². The summed E-state index contributed by atoms with van der Waals surface area (Å²) in [6, 6.07) is 4.12. The van der Waals surface area contributed by atoms with E-state index in [2.05, 4.69) is 10.6 Å². The molecule has 2 nitrogen and oxygen atoms in total. The zero-order valence-electron chi connectivity index (χ0n) is 10.5. The van der Waals surface area contributed by atoms with Crippen molar-refractivity contribution in [2.75, 3.05) is 5.32 Å². The number of rotatable bonds is 2. The van der Waals surface area contributed by atoms with Crippen LogP contribution in [0.3, 0.4) is 0 Å². The molecule has 2 N–H and O–H groups in total. The summed E-state index contributed by atoms with van der Waals surface area (Å²) in [5.41, 5.74) is 0.472. The van der Waals surface area contributed by atoms with Crippen LogP contribution in [0.5, 0.6) is 0 Å². The third-order valence-electron chi connectivity index (χ3n) is 4.23. The van der Waals surface area contributed by atoms with Crippen LogP contribution in [0.4, 0.5) is 14.5 Å². The third kappa shape index (κ3) is 2.71. The molecule has 0 heterocycles. The van der Waals surface area contributed by atoms with Gasteiger partial charge in [-0.3, -0.25) is 0 Å². The lowest BCUT2D eigenvalue weighted by molar-refractivity contribution is 0.392. The Morgan fingerprint density at radius 3 is 2.63 bits per heavy atom. The molecule has 3 rings (SSSR count). The SMILES string of the molecule is Fc1ccc(NC(=S)N[C@H]2C[C@H]3CC[C@@H]2C3)cc1F. The largest absolute Gasteiger partial charge is 0.359 e. The fourth-order valence-electron chi connectivity index (χ4n) is 3.33. The van der Waals surface area contributed by atoms with E-state index < -0.39 is 11.6 Å². The Hall–Kier alpha value is -1.23. The molecule has 1 aromatic carbocycles. The van der Waals surface area contributed by atoms with Gasteiger partial charge in [-0.15, -0.1) is 0 Å². The van der Waals surface area contributed by atoms with Crippen molar-refractivity contribution in [2.45, 2.75) is 31.7 Å². The monoisotopic (exact) mass is 282 g/mol. The highest BCUT2D eigenvalue weighted by Gasteiger charge is 2.39. The molecule has 2 aliphatic carbocycles. The molecule has 2 fully saturated rings. The number of anilines is 1. The maximum Gasteiger partial charge on any atom is 0.171 e. The fourth-order valence-corrected chi connectivity index (χ4v) is 3.60. The first-order valence-electron chi connectivity index (χ1n) is 6.64. The second-order valence-electron chi connectivity index (χ2n) is 5.51. The van der Waals surface area contributed by atoms with Gasteiger partial charge in [0.2, 0.25) is 0 Å². The molecule has 3 atom stereocenters. The Balaban J connectivity index is 1.57. The van der Waals surface area contributed by atoms with E-state index in [1.54, 1.807) is 0 Å². The number of nitrogens with one attached hydrogen (secondary N) is 2. The summed E-state index contributed by atoms with van der Waals surface area (Å²) in [5.74, 6) is -0.159. The van der Waals surface area contributed by atoms with E-state index in [0.29, 0.717) is 16.8 Å². The number of fused-ring (bicyclic) bond motifs is 2. The summed E-state index contributed by atoms with van der Waals surface area (Å²) in [7, 11) is 0. The molecular weight excluding hydrogens is 266 g/mol. The first-order valence-corrected chi connectivity index (χ1v) is 7.05. The number of hydrogen-bond donors (Lipinski definition) is 2. The molecule has 5 heteroatoms. The van der Waals surface area contributed by atoms with Gasteiger partial charge >= 0.3 is 0 Å².